The number of benzene rings is 2. The highest BCUT2D eigenvalue weighted by Gasteiger charge is 2.73. The Morgan fingerprint density at radius 3 is 2.00 bits per heavy atom. The number of aromatic nitrogens is 1. The molecule has 42 heavy (non-hydrogen) atoms. The molecular formula is C26H18ClF10N3O2. The second-order valence-corrected chi connectivity index (χ2v) is 9.26. The molecule has 1 aromatic heterocycles. The number of rotatable bonds is 6. The molecule has 0 aliphatic rings. The first-order valence-corrected chi connectivity index (χ1v) is 12.0. The third-order valence-electron chi connectivity index (χ3n) is 5.95. The van der Waals surface area contributed by atoms with Gasteiger partial charge in [0.05, 0.1) is 5.02 Å². The molecule has 3 aromatic rings. The summed E-state index contributed by atoms with van der Waals surface area (Å²) in [6.45, 7) is 2.44. The van der Waals surface area contributed by atoms with Crippen molar-refractivity contribution in [2.45, 2.75) is 44.5 Å². The summed E-state index contributed by atoms with van der Waals surface area (Å²) in [6, 6.07) is 6.95. The Hall–Kier alpha value is -3.88. The van der Waals surface area contributed by atoms with Crippen molar-refractivity contribution in [3.05, 3.63) is 87.2 Å². The lowest BCUT2D eigenvalue weighted by molar-refractivity contribution is -0.348. The van der Waals surface area contributed by atoms with E-state index in [1.165, 1.54) is 25.1 Å². The van der Waals surface area contributed by atoms with E-state index >= 15 is 0 Å². The molecule has 3 rings (SSSR count). The highest BCUT2D eigenvalue weighted by Crippen LogP contribution is 2.54. The Kier molecular flexibility index (Phi) is 8.87. The zero-order valence-corrected chi connectivity index (χ0v) is 22.0. The van der Waals surface area contributed by atoms with Crippen LogP contribution in [-0.4, -0.2) is 29.2 Å². The zero-order chi connectivity index (χ0) is 31.8. The monoisotopic (exact) mass is 629 g/mol. The van der Waals surface area contributed by atoms with Crippen LogP contribution < -0.4 is 10.6 Å². The van der Waals surface area contributed by atoms with E-state index in [-0.39, 0.29) is 34.5 Å². The standard InChI is InChI=1S/C26H18ClF10N3O2/c1-3-13-10-15(23(28,25(32,33)34)26(35,36)37)9-12(2)19(13)40-21(41)14-5-4-6-16(11-14)38-22(42)20-17(27)7-8-18(39-20)24(29,30)31/h4-11H,3H2,1-2H3,(H,38,42)(H,40,41). The van der Waals surface area contributed by atoms with Gasteiger partial charge in [-0.3, -0.25) is 9.59 Å². The van der Waals surface area contributed by atoms with Crippen molar-refractivity contribution in [3.8, 4) is 0 Å². The van der Waals surface area contributed by atoms with Gasteiger partial charge in [-0.15, -0.1) is 0 Å². The van der Waals surface area contributed by atoms with E-state index in [1.54, 1.807) is 0 Å². The predicted octanol–water partition coefficient (Wildman–Crippen LogP) is 8.42. The number of alkyl halides is 10. The molecule has 0 fully saturated rings. The smallest absolute Gasteiger partial charge is 0.321 e. The number of hydrogen-bond acceptors (Lipinski definition) is 3. The topological polar surface area (TPSA) is 71.1 Å². The lowest BCUT2D eigenvalue weighted by Crippen LogP contribution is -2.50. The lowest BCUT2D eigenvalue weighted by atomic mass is 9.89. The van der Waals surface area contributed by atoms with Gasteiger partial charge in [0.2, 0.25) is 0 Å². The fourth-order valence-electron chi connectivity index (χ4n) is 3.88. The van der Waals surface area contributed by atoms with E-state index < -0.39 is 58.0 Å². The molecule has 2 aromatic carbocycles. The molecule has 0 radical (unpaired) electrons. The van der Waals surface area contributed by atoms with Gasteiger partial charge in [-0.2, -0.15) is 39.5 Å². The summed E-state index contributed by atoms with van der Waals surface area (Å²) in [7, 11) is 0. The van der Waals surface area contributed by atoms with Crippen LogP contribution in [0.1, 0.15) is 50.2 Å². The van der Waals surface area contributed by atoms with Crippen LogP contribution in [-0.2, 0) is 18.3 Å². The molecule has 16 heteroatoms. The maximum Gasteiger partial charge on any atom is 0.435 e. The molecule has 0 saturated heterocycles. The number of nitrogens with zero attached hydrogens (tertiary/aromatic N) is 1. The number of nitrogens with one attached hydrogen (secondary N) is 2. The molecule has 5 nitrogen and oxygen atoms in total. The molecule has 0 bridgehead atoms. The van der Waals surface area contributed by atoms with Crippen LogP contribution in [0.3, 0.4) is 0 Å². The van der Waals surface area contributed by atoms with Gasteiger partial charge in [0, 0.05) is 22.5 Å². The molecule has 0 atom stereocenters. The normalized spacial score (nSPS) is 12.7. The second kappa shape index (κ2) is 11.4. The molecule has 2 N–H and O–H groups in total. The van der Waals surface area contributed by atoms with Crippen molar-refractivity contribution in [1.82, 2.24) is 4.98 Å². The number of carbonyl (C=O) groups excluding carboxylic acids is 2. The van der Waals surface area contributed by atoms with E-state index in [2.05, 4.69) is 15.6 Å². The molecule has 0 spiro atoms. The number of hydrogen-bond donors (Lipinski definition) is 2. The largest absolute Gasteiger partial charge is 0.435 e. The van der Waals surface area contributed by atoms with Gasteiger partial charge < -0.3 is 10.6 Å². The molecular weight excluding hydrogens is 612 g/mol. The zero-order valence-electron chi connectivity index (χ0n) is 21.2. The number of amides is 2. The quantitative estimate of drug-likeness (QED) is 0.269. The minimum Gasteiger partial charge on any atom is -0.321 e. The summed E-state index contributed by atoms with van der Waals surface area (Å²) in [5.41, 5.74) is -10.5. The summed E-state index contributed by atoms with van der Waals surface area (Å²) in [5.74, 6) is -2.07. The van der Waals surface area contributed by atoms with Crippen LogP contribution in [0.2, 0.25) is 5.02 Å². The summed E-state index contributed by atoms with van der Waals surface area (Å²) in [5, 5.41) is 4.19. The van der Waals surface area contributed by atoms with Crippen molar-refractivity contribution in [2.75, 3.05) is 10.6 Å². The minimum atomic E-state index is -6.33. The number of halogens is 11. The van der Waals surface area contributed by atoms with Crippen LogP contribution in [0.15, 0.2) is 48.5 Å². The SMILES string of the molecule is CCc1cc(C(F)(C(F)(F)F)C(F)(F)F)cc(C)c1NC(=O)c1cccc(NC(=O)c2nc(C(F)(F)F)ccc2Cl)c1. The first kappa shape index (κ1) is 32.6. The van der Waals surface area contributed by atoms with Gasteiger partial charge >= 0.3 is 24.2 Å². The first-order valence-electron chi connectivity index (χ1n) is 11.6. The van der Waals surface area contributed by atoms with Crippen LogP contribution in [0, 0.1) is 6.92 Å². The fraction of sp³-hybridized carbons (Fsp3) is 0.269. The van der Waals surface area contributed by atoms with E-state index in [0.29, 0.717) is 18.2 Å². The highest BCUT2D eigenvalue weighted by molar-refractivity contribution is 6.34. The van der Waals surface area contributed by atoms with Gasteiger partial charge in [-0.1, -0.05) is 30.7 Å². The highest BCUT2D eigenvalue weighted by atomic mass is 35.5. The third-order valence-corrected chi connectivity index (χ3v) is 6.25. The summed E-state index contributed by atoms with van der Waals surface area (Å²) >= 11 is 5.81. The molecule has 1 heterocycles. The van der Waals surface area contributed by atoms with Crippen LogP contribution in [0.4, 0.5) is 55.3 Å². The Labute approximate surface area is 235 Å². The van der Waals surface area contributed by atoms with Gasteiger partial charge in [-0.05, 0) is 60.9 Å². The number of carbonyl (C=O) groups is 2. The van der Waals surface area contributed by atoms with Crippen LogP contribution in [0.5, 0.6) is 0 Å². The molecule has 0 saturated carbocycles. The van der Waals surface area contributed by atoms with Crippen LogP contribution in [0.25, 0.3) is 0 Å². The van der Waals surface area contributed by atoms with Crippen molar-refractivity contribution in [2.24, 2.45) is 0 Å². The molecule has 2 amide bonds. The van der Waals surface area contributed by atoms with E-state index in [1.807, 2.05) is 0 Å². The summed E-state index contributed by atoms with van der Waals surface area (Å²) < 4.78 is 133. The minimum absolute atomic E-state index is 0.0942. The van der Waals surface area contributed by atoms with Crippen molar-refractivity contribution in [1.29, 1.82) is 0 Å². The lowest BCUT2D eigenvalue weighted by Gasteiger charge is -2.31. The average Bonchev–Trinajstić information content (AvgIpc) is 2.87. The van der Waals surface area contributed by atoms with Crippen molar-refractivity contribution < 1.29 is 53.5 Å². The molecule has 0 aliphatic heterocycles. The van der Waals surface area contributed by atoms with E-state index in [9.17, 15) is 53.5 Å². The maximum atomic E-state index is 14.6. The van der Waals surface area contributed by atoms with Gasteiger partial charge in [0.15, 0.2) is 0 Å². The summed E-state index contributed by atoms with van der Waals surface area (Å²) in [4.78, 5) is 28.7. The first-order chi connectivity index (χ1) is 19.2. The van der Waals surface area contributed by atoms with Crippen LogP contribution >= 0.6 is 11.6 Å². The molecule has 0 aliphatic carbocycles. The Bertz CT molecular complexity index is 1500. The third kappa shape index (κ3) is 6.45. The average molecular weight is 630 g/mol. The molecule has 226 valence electrons. The van der Waals surface area contributed by atoms with Gasteiger partial charge in [0.25, 0.3) is 11.8 Å². The summed E-state index contributed by atoms with van der Waals surface area (Å²) in [6.07, 6.45) is -17.7. The molecule has 0 unspecified atom stereocenters. The van der Waals surface area contributed by atoms with E-state index in [0.717, 1.165) is 19.1 Å². The fourth-order valence-corrected chi connectivity index (χ4v) is 4.07. The maximum absolute atomic E-state index is 14.6. The Morgan fingerprint density at radius 2 is 1.45 bits per heavy atom. The van der Waals surface area contributed by atoms with Gasteiger partial charge in [0.1, 0.15) is 11.4 Å². The number of pyridine rings is 1. The Balaban J connectivity index is 1.91. The second-order valence-electron chi connectivity index (χ2n) is 8.85. The van der Waals surface area contributed by atoms with E-state index in [4.69, 9.17) is 11.6 Å². The Morgan fingerprint density at radius 1 is 0.833 bits per heavy atom. The number of anilines is 2. The number of aryl methyl sites for hydroxylation is 2. The van der Waals surface area contributed by atoms with Crippen molar-refractivity contribution >= 4 is 34.8 Å². The van der Waals surface area contributed by atoms with Crippen molar-refractivity contribution in [3.63, 3.8) is 0 Å². The predicted molar refractivity (Wildman–Crippen MR) is 132 cm³/mol. The van der Waals surface area contributed by atoms with Gasteiger partial charge in [-0.25, -0.2) is 9.37 Å².